The van der Waals surface area contributed by atoms with Crippen LogP contribution in [0.3, 0.4) is 0 Å². The number of fused-ring (bicyclic) bond motifs is 1. The molecule has 3 aromatic rings. The summed E-state index contributed by atoms with van der Waals surface area (Å²) in [5.74, 6) is 4.19. The molecule has 0 aliphatic carbocycles. The van der Waals surface area contributed by atoms with E-state index in [0.717, 1.165) is 55.0 Å². The molecule has 1 aliphatic heterocycles. The summed E-state index contributed by atoms with van der Waals surface area (Å²) >= 11 is 0. The maximum Gasteiger partial charge on any atom is 0.163 e. The van der Waals surface area contributed by atoms with Gasteiger partial charge in [-0.3, -0.25) is 0 Å². The summed E-state index contributed by atoms with van der Waals surface area (Å²) in [5.41, 5.74) is 1.67. The fraction of sp³-hybridized carbons (Fsp3) is 0.440. The standard InChI is InChI=1S/C25H32N4O4/c1-6-28-10-12-29(13-11-28)25-18-15-22(32-5)23(33-7-2)16-19(18)26-24(27-25)17-8-9-20(30-3)21(14-17)31-4/h8-9,14-16H,6-7,10-13H2,1-5H3. The first-order valence-electron chi connectivity index (χ1n) is 11.3. The minimum Gasteiger partial charge on any atom is -0.493 e. The average molecular weight is 453 g/mol. The molecule has 1 aliphatic rings. The highest BCUT2D eigenvalue weighted by molar-refractivity contribution is 5.93. The molecule has 0 atom stereocenters. The number of anilines is 1. The second-order valence-corrected chi connectivity index (χ2v) is 7.82. The minimum atomic E-state index is 0.543. The van der Waals surface area contributed by atoms with Gasteiger partial charge in [0.15, 0.2) is 28.8 Å². The maximum atomic E-state index is 5.82. The fourth-order valence-electron chi connectivity index (χ4n) is 4.17. The van der Waals surface area contributed by atoms with Gasteiger partial charge in [-0.1, -0.05) is 6.92 Å². The number of aromatic nitrogens is 2. The molecule has 0 radical (unpaired) electrons. The molecular weight excluding hydrogens is 420 g/mol. The van der Waals surface area contributed by atoms with Crippen molar-refractivity contribution >= 4 is 16.7 Å². The average Bonchev–Trinajstić information content (AvgIpc) is 2.87. The molecule has 176 valence electrons. The lowest BCUT2D eigenvalue weighted by Crippen LogP contribution is -2.46. The van der Waals surface area contributed by atoms with E-state index in [0.29, 0.717) is 35.4 Å². The molecule has 0 saturated carbocycles. The first kappa shape index (κ1) is 22.9. The Morgan fingerprint density at radius 1 is 0.788 bits per heavy atom. The first-order chi connectivity index (χ1) is 16.1. The normalized spacial score (nSPS) is 14.4. The van der Waals surface area contributed by atoms with Crippen LogP contribution in [-0.4, -0.2) is 75.5 Å². The predicted octanol–water partition coefficient (Wildman–Crippen LogP) is 3.86. The maximum absolute atomic E-state index is 5.82. The highest BCUT2D eigenvalue weighted by Gasteiger charge is 2.22. The van der Waals surface area contributed by atoms with Gasteiger partial charge in [-0.2, -0.15) is 0 Å². The molecule has 4 rings (SSSR count). The summed E-state index contributed by atoms with van der Waals surface area (Å²) in [5, 5.41) is 0.949. The number of benzene rings is 2. The number of piperazine rings is 1. The van der Waals surface area contributed by atoms with Gasteiger partial charge in [0.1, 0.15) is 5.82 Å². The van der Waals surface area contributed by atoms with Gasteiger partial charge in [0.05, 0.1) is 33.5 Å². The number of nitrogens with zero attached hydrogens (tertiary/aromatic N) is 4. The second kappa shape index (κ2) is 10.1. The molecule has 33 heavy (non-hydrogen) atoms. The summed E-state index contributed by atoms with van der Waals surface area (Å²) < 4.78 is 22.3. The van der Waals surface area contributed by atoms with Crippen LogP contribution >= 0.6 is 0 Å². The number of likely N-dealkylation sites (N-methyl/N-ethyl adjacent to an activating group) is 1. The summed E-state index contributed by atoms with van der Waals surface area (Å²) in [7, 11) is 4.91. The number of hydrogen-bond acceptors (Lipinski definition) is 8. The number of methoxy groups -OCH3 is 3. The molecule has 1 aromatic heterocycles. The Morgan fingerprint density at radius 3 is 2.12 bits per heavy atom. The highest BCUT2D eigenvalue weighted by atomic mass is 16.5. The lowest BCUT2D eigenvalue weighted by Gasteiger charge is -2.35. The van der Waals surface area contributed by atoms with Crippen molar-refractivity contribution in [3.63, 3.8) is 0 Å². The topological polar surface area (TPSA) is 69.2 Å². The first-order valence-corrected chi connectivity index (χ1v) is 11.3. The fourth-order valence-corrected chi connectivity index (χ4v) is 4.17. The number of ether oxygens (including phenoxy) is 4. The van der Waals surface area contributed by atoms with E-state index in [-0.39, 0.29) is 0 Å². The van der Waals surface area contributed by atoms with Crippen LogP contribution in [0.2, 0.25) is 0 Å². The molecule has 8 heteroatoms. The molecule has 0 spiro atoms. The van der Waals surface area contributed by atoms with Crippen molar-refractivity contribution in [1.82, 2.24) is 14.9 Å². The van der Waals surface area contributed by atoms with Crippen molar-refractivity contribution in [3.8, 4) is 34.4 Å². The van der Waals surface area contributed by atoms with Crippen LogP contribution in [0, 0.1) is 0 Å². The van der Waals surface area contributed by atoms with Crippen LogP contribution in [0.25, 0.3) is 22.3 Å². The minimum absolute atomic E-state index is 0.543. The quantitative estimate of drug-likeness (QED) is 0.510. The van der Waals surface area contributed by atoms with Crippen molar-refractivity contribution in [1.29, 1.82) is 0 Å². The molecule has 0 bridgehead atoms. The smallest absolute Gasteiger partial charge is 0.163 e. The van der Waals surface area contributed by atoms with Crippen molar-refractivity contribution in [2.24, 2.45) is 0 Å². The summed E-state index contributed by atoms with van der Waals surface area (Å²) in [6, 6.07) is 9.66. The Hall–Kier alpha value is -3.26. The van der Waals surface area contributed by atoms with E-state index < -0.39 is 0 Å². The van der Waals surface area contributed by atoms with E-state index in [1.165, 1.54) is 0 Å². The number of rotatable bonds is 8. The van der Waals surface area contributed by atoms with E-state index in [9.17, 15) is 0 Å². The Kier molecular flexibility index (Phi) is 7.03. The predicted molar refractivity (Wildman–Crippen MR) is 130 cm³/mol. The van der Waals surface area contributed by atoms with E-state index in [1.807, 2.05) is 37.3 Å². The van der Waals surface area contributed by atoms with Gasteiger partial charge in [-0.05, 0) is 37.7 Å². The second-order valence-electron chi connectivity index (χ2n) is 7.82. The molecule has 2 heterocycles. The Balaban J connectivity index is 1.87. The third kappa shape index (κ3) is 4.61. The van der Waals surface area contributed by atoms with Gasteiger partial charge in [-0.15, -0.1) is 0 Å². The van der Waals surface area contributed by atoms with E-state index in [1.54, 1.807) is 21.3 Å². The van der Waals surface area contributed by atoms with Crippen LogP contribution in [0.1, 0.15) is 13.8 Å². The summed E-state index contributed by atoms with van der Waals surface area (Å²) in [6.45, 7) is 9.57. The zero-order valence-corrected chi connectivity index (χ0v) is 20.1. The van der Waals surface area contributed by atoms with E-state index in [4.69, 9.17) is 28.9 Å². The zero-order chi connectivity index (χ0) is 23.4. The van der Waals surface area contributed by atoms with Gasteiger partial charge in [-0.25, -0.2) is 9.97 Å². The van der Waals surface area contributed by atoms with Crippen molar-refractivity contribution in [2.75, 3.05) is 65.6 Å². The van der Waals surface area contributed by atoms with Gasteiger partial charge in [0, 0.05) is 43.2 Å². The van der Waals surface area contributed by atoms with Gasteiger partial charge in [0.25, 0.3) is 0 Å². The third-order valence-electron chi connectivity index (χ3n) is 6.02. The SMILES string of the molecule is CCOc1cc2nc(-c3ccc(OC)c(OC)c3)nc(N3CCN(CC)CC3)c2cc1OC. The Bertz CT molecular complexity index is 1110. The monoisotopic (exact) mass is 452 g/mol. The highest BCUT2D eigenvalue weighted by Crippen LogP contribution is 2.38. The molecular formula is C25H32N4O4. The van der Waals surface area contributed by atoms with Crippen LogP contribution < -0.4 is 23.8 Å². The van der Waals surface area contributed by atoms with Crippen LogP contribution in [0.4, 0.5) is 5.82 Å². The molecule has 0 N–H and O–H groups in total. The van der Waals surface area contributed by atoms with Gasteiger partial charge >= 0.3 is 0 Å². The van der Waals surface area contributed by atoms with Gasteiger partial charge < -0.3 is 28.7 Å². The third-order valence-corrected chi connectivity index (χ3v) is 6.02. The number of hydrogen-bond donors (Lipinski definition) is 0. The van der Waals surface area contributed by atoms with E-state index in [2.05, 4.69) is 16.7 Å². The van der Waals surface area contributed by atoms with Crippen LogP contribution in [0.15, 0.2) is 30.3 Å². The lowest BCUT2D eigenvalue weighted by atomic mass is 10.1. The molecule has 1 saturated heterocycles. The zero-order valence-electron chi connectivity index (χ0n) is 20.1. The van der Waals surface area contributed by atoms with E-state index >= 15 is 0 Å². The largest absolute Gasteiger partial charge is 0.493 e. The summed E-state index contributed by atoms with van der Waals surface area (Å²) in [4.78, 5) is 14.7. The van der Waals surface area contributed by atoms with Crippen LogP contribution in [-0.2, 0) is 0 Å². The summed E-state index contributed by atoms with van der Waals surface area (Å²) in [6.07, 6.45) is 0. The van der Waals surface area contributed by atoms with Crippen molar-refractivity contribution < 1.29 is 18.9 Å². The Labute approximate surface area is 195 Å². The van der Waals surface area contributed by atoms with Gasteiger partial charge in [0.2, 0.25) is 0 Å². The molecule has 1 fully saturated rings. The Morgan fingerprint density at radius 2 is 1.48 bits per heavy atom. The molecule has 8 nitrogen and oxygen atoms in total. The van der Waals surface area contributed by atoms with Crippen molar-refractivity contribution in [2.45, 2.75) is 13.8 Å². The molecule has 0 unspecified atom stereocenters. The van der Waals surface area contributed by atoms with Crippen molar-refractivity contribution in [3.05, 3.63) is 30.3 Å². The molecule has 0 amide bonds. The lowest BCUT2D eigenvalue weighted by molar-refractivity contribution is 0.271. The molecule has 2 aromatic carbocycles. The van der Waals surface area contributed by atoms with Crippen LogP contribution in [0.5, 0.6) is 23.0 Å².